The van der Waals surface area contributed by atoms with Crippen molar-refractivity contribution < 1.29 is 28.9 Å². The van der Waals surface area contributed by atoms with Crippen molar-refractivity contribution in [3.8, 4) is 17.2 Å². The molecule has 1 aliphatic heterocycles. The van der Waals surface area contributed by atoms with E-state index in [1.54, 1.807) is 48.6 Å². The minimum atomic E-state index is -0.807. The number of hydrogen-bond acceptors (Lipinski definition) is 7. The van der Waals surface area contributed by atoms with Crippen molar-refractivity contribution in [2.75, 3.05) is 47.5 Å². The fourth-order valence-corrected chi connectivity index (χ4v) is 4.18. The lowest BCUT2D eigenvalue weighted by Gasteiger charge is -2.27. The van der Waals surface area contributed by atoms with Gasteiger partial charge in [-0.2, -0.15) is 0 Å². The summed E-state index contributed by atoms with van der Waals surface area (Å²) in [5, 5.41) is 11.4. The SMILES string of the molecule is C=CCOc1ccc(/C(O)=C2\C(=O)C(=O)N(CCN(C)C)C2c2ccc(OCC=C)c(OC)c2)c(C)c1. The van der Waals surface area contributed by atoms with Crippen LogP contribution in [0.25, 0.3) is 5.76 Å². The summed E-state index contributed by atoms with van der Waals surface area (Å²) in [6.07, 6.45) is 3.26. The van der Waals surface area contributed by atoms with E-state index < -0.39 is 17.7 Å². The second kappa shape index (κ2) is 12.3. The van der Waals surface area contributed by atoms with E-state index in [9.17, 15) is 14.7 Å². The van der Waals surface area contributed by atoms with Gasteiger partial charge in [0, 0.05) is 18.7 Å². The first kappa shape index (κ1) is 27.5. The number of amides is 1. The number of hydrogen-bond donors (Lipinski definition) is 1. The Bertz CT molecular complexity index is 1220. The van der Waals surface area contributed by atoms with Crippen molar-refractivity contribution >= 4 is 17.4 Å². The Morgan fingerprint density at radius 2 is 1.76 bits per heavy atom. The average Bonchev–Trinajstić information content (AvgIpc) is 3.14. The van der Waals surface area contributed by atoms with Gasteiger partial charge in [-0.15, -0.1) is 0 Å². The predicted molar refractivity (Wildman–Crippen MR) is 143 cm³/mol. The number of methoxy groups -OCH3 is 1. The van der Waals surface area contributed by atoms with Crippen molar-refractivity contribution in [1.82, 2.24) is 9.80 Å². The Labute approximate surface area is 218 Å². The van der Waals surface area contributed by atoms with E-state index in [0.29, 0.717) is 60.2 Å². The van der Waals surface area contributed by atoms with Crippen LogP contribution in [-0.4, -0.2) is 74.1 Å². The number of rotatable bonds is 12. The molecule has 2 aromatic rings. The van der Waals surface area contributed by atoms with E-state index in [2.05, 4.69) is 13.2 Å². The first-order valence-corrected chi connectivity index (χ1v) is 11.9. The summed E-state index contributed by atoms with van der Waals surface area (Å²) >= 11 is 0. The van der Waals surface area contributed by atoms with Gasteiger partial charge in [-0.1, -0.05) is 31.4 Å². The molecule has 3 rings (SSSR count). The summed E-state index contributed by atoms with van der Waals surface area (Å²) in [7, 11) is 5.29. The molecule has 1 saturated heterocycles. The van der Waals surface area contributed by atoms with Crippen LogP contribution >= 0.6 is 0 Å². The summed E-state index contributed by atoms with van der Waals surface area (Å²) < 4.78 is 16.8. The van der Waals surface area contributed by atoms with Crippen LogP contribution in [0.5, 0.6) is 17.2 Å². The molecule has 1 fully saturated rings. The maximum Gasteiger partial charge on any atom is 0.295 e. The molecule has 1 aliphatic rings. The summed E-state index contributed by atoms with van der Waals surface area (Å²) in [6, 6.07) is 9.57. The van der Waals surface area contributed by atoms with Gasteiger partial charge < -0.3 is 29.1 Å². The molecule has 1 atom stereocenters. The third-order valence-corrected chi connectivity index (χ3v) is 6.01. The first-order chi connectivity index (χ1) is 17.7. The van der Waals surface area contributed by atoms with Gasteiger partial charge in [0.15, 0.2) is 11.5 Å². The number of aryl methyl sites for hydroxylation is 1. The molecule has 1 heterocycles. The Kier molecular flexibility index (Phi) is 9.14. The second-order valence-electron chi connectivity index (χ2n) is 8.88. The third kappa shape index (κ3) is 6.03. The Balaban J connectivity index is 2.15. The number of likely N-dealkylation sites (tertiary alicyclic amines) is 1. The van der Waals surface area contributed by atoms with E-state index in [-0.39, 0.29) is 11.3 Å². The molecule has 0 bridgehead atoms. The zero-order valence-corrected chi connectivity index (χ0v) is 21.8. The first-order valence-electron chi connectivity index (χ1n) is 11.9. The molecule has 0 saturated carbocycles. The maximum absolute atomic E-state index is 13.3. The molecule has 8 nitrogen and oxygen atoms in total. The highest BCUT2D eigenvalue weighted by molar-refractivity contribution is 6.46. The van der Waals surface area contributed by atoms with Gasteiger partial charge in [0.05, 0.1) is 18.7 Å². The molecule has 0 aliphatic carbocycles. The van der Waals surface area contributed by atoms with Crippen LogP contribution in [0.3, 0.4) is 0 Å². The zero-order valence-electron chi connectivity index (χ0n) is 21.8. The summed E-state index contributed by atoms with van der Waals surface area (Å²) in [5.74, 6) is -0.0902. The predicted octanol–water partition coefficient (Wildman–Crippen LogP) is 4.12. The third-order valence-electron chi connectivity index (χ3n) is 6.01. The van der Waals surface area contributed by atoms with E-state index in [1.807, 2.05) is 25.9 Å². The van der Waals surface area contributed by atoms with E-state index in [1.165, 1.54) is 12.0 Å². The Morgan fingerprint density at radius 3 is 2.38 bits per heavy atom. The van der Waals surface area contributed by atoms with Crippen LogP contribution in [0.2, 0.25) is 0 Å². The molecule has 37 heavy (non-hydrogen) atoms. The van der Waals surface area contributed by atoms with Gasteiger partial charge in [0.2, 0.25) is 0 Å². The minimum absolute atomic E-state index is 0.0217. The van der Waals surface area contributed by atoms with Gasteiger partial charge in [-0.3, -0.25) is 9.59 Å². The molecule has 1 unspecified atom stereocenters. The molecule has 0 aromatic heterocycles. The number of aliphatic hydroxyl groups is 1. The molecule has 2 aromatic carbocycles. The maximum atomic E-state index is 13.3. The number of benzene rings is 2. The molecule has 0 radical (unpaired) electrons. The van der Waals surface area contributed by atoms with Crippen molar-refractivity contribution in [1.29, 1.82) is 0 Å². The summed E-state index contributed by atoms with van der Waals surface area (Å²) in [5.41, 5.74) is 1.78. The number of ketones is 1. The van der Waals surface area contributed by atoms with Crippen LogP contribution in [0.15, 0.2) is 67.3 Å². The highest BCUT2D eigenvalue weighted by Crippen LogP contribution is 2.42. The number of nitrogens with zero attached hydrogens (tertiary/aromatic N) is 2. The lowest BCUT2D eigenvalue weighted by Crippen LogP contribution is -2.35. The molecule has 8 heteroatoms. The molecule has 1 N–H and O–H groups in total. The monoisotopic (exact) mass is 506 g/mol. The Morgan fingerprint density at radius 1 is 1.05 bits per heavy atom. The van der Waals surface area contributed by atoms with Gasteiger partial charge in [0.1, 0.15) is 24.7 Å². The van der Waals surface area contributed by atoms with Crippen molar-refractivity contribution in [3.63, 3.8) is 0 Å². The molecular weight excluding hydrogens is 472 g/mol. The standard InChI is InChI=1S/C29H34N2O6/c1-7-15-36-21-10-11-22(19(3)17-21)27(32)25-26(31(14-13-30(4)5)29(34)28(25)33)20-9-12-23(37-16-8-2)24(18-20)35-6/h7-12,17-18,26,32H,1-2,13-16H2,3-6H3/b27-25+. The summed E-state index contributed by atoms with van der Waals surface area (Å²) in [4.78, 5) is 29.9. The van der Waals surface area contributed by atoms with Crippen molar-refractivity contribution in [3.05, 3.63) is 84.0 Å². The van der Waals surface area contributed by atoms with Crippen LogP contribution in [0, 0.1) is 6.92 Å². The Hall–Kier alpha value is -4.04. The number of likely N-dealkylation sites (N-methyl/N-ethyl adjacent to an activating group) is 1. The van der Waals surface area contributed by atoms with Gasteiger partial charge >= 0.3 is 0 Å². The topological polar surface area (TPSA) is 88.5 Å². The fourth-order valence-electron chi connectivity index (χ4n) is 4.18. The van der Waals surface area contributed by atoms with Crippen molar-refractivity contribution in [2.45, 2.75) is 13.0 Å². The number of aliphatic hydroxyl groups excluding tert-OH is 1. The summed E-state index contributed by atoms with van der Waals surface area (Å²) in [6.45, 7) is 10.6. The lowest BCUT2D eigenvalue weighted by atomic mass is 9.93. The van der Waals surface area contributed by atoms with E-state index in [0.717, 1.165) is 0 Å². The molecular formula is C29H34N2O6. The van der Waals surface area contributed by atoms with Gasteiger partial charge in [-0.25, -0.2) is 0 Å². The lowest BCUT2D eigenvalue weighted by molar-refractivity contribution is -0.140. The number of carbonyl (C=O) groups excluding carboxylic acids is 2. The number of ether oxygens (including phenoxy) is 3. The van der Waals surface area contributed by atoms with Crippen molar-refractivity contribution in [2.24, 2.45) is 0 Å². The van der Waals surface area contributed by atoms with Crippen LogP contribution in [0.1, 0.15) is 22.7 Å². The minimum Gasteiger partial charge on any atom is -0.507 e. The number of Topliss-reactive ketones (excluding diaryl/α,β-unsaturated/α-hetero) is 1. The number of carbonyl (C=O) groups is 2. The highest BCUT2D eigenvalue weighted by Gasteiger charge is 2.46. The smallest absolute Gasteiger partial charge is 0.295 e. The van der Waals surface area contributed by atoms with Gasteiger partial charge in [-0.05, 0) is 62.5 Å². The van der Waals surface area contributed by atoms with Crippen LogP contribution < -0.4 is 14.2 Å². The second-order valence-corrected chi connectivity index (χ2v) is 8.88. The van der Waals surface area contributed by atoms with Crippen LogP contribution in [-0.2, 0) is 9.59 Å². The molecule has 196 valence electrons. The largest absolute Gasteiger partial charge is 0.507 e. The van der Waals surface area contributed by atoms with Crippen LogP contribution in [0.4, 0.5) is 0 Å². The average molecular weight is 507 g/mol. The normalized spacial score (nSPS) is 16.7. The molecule has 1 amide bonds. The van der Waals surface area contributed by atoms with Gasteiger partial charge in [0.25, 0.3) is 11.7 Å². The molecule has 0 spiro atoms. The fraction of sp³-hybridized carbons (Fsp3) is 0.310. The van der Waals surface area contributed by atoms with E-state index in [4.69, 9.17) is 14.2 Å². The van der Waals surface area contributed by atoms with E-state index >= 15 is 0 Å². The quantitative estimate of drug-likeness (QED) is 0.201. The zero-order chi connectivity index (χ0) is 27.1. The highest BCUT2D eigenvalue weighted by atomic mass is 16.5.